The number of nitrogens with zero attached hydrogens (tertiary/aromatic N) is 1. The zero-order valence-electron chi connectivity index (χ0n) is 15.8. The predicted molar refractivity (Wildman–Crippen MR) is 96.4 cm³/mol. The van der Waals surface area contributed by atoms with Gasteiger partial charge in [-0.1, -0.05) is 29.8 Å². The largest absolute Gasteiger partial charge is 0.444 e. The number of ether oxygens (including phenoxy) is 2. The molecule has 1 aliphatic heterocycles. The van der Waals surface area contributed by atoms with E-state index in [1.165, 1.54) is 5.56 Å². The Kier molecular flexibility index (Phi) is 6.43. The second kappa shape index (κ2) is 8.17. The summed E-state index contributed by atoms with van der Waals surface area (Å²) in [5.41, 5.74) is 1.77. The van der Waals surface area contributed by atoms with Crippen LogP contribution in [0.3, 0.4) is 0 Å². The van der Waals surface area contributed by atoms with Crippen LogP contribution in [0.25, 0.3) is 0 Å². The van der Waals surface area contributed by atoms with Crippen molar-refractivity contribution in [3.8, 4) is 0 Å². The first-order valence-corrected chi connectivity index (χ1v) is 8.71. The Labute approximate surface area is 150 Å². The van der Waals surface area contributed by atoms with E-state index >= 15 is 0 Å². The third kappa shape index (κ3) is 5.70. The van der Waals surface area contributed by atoms with Crippen LogP contribution in [0.5, 0.6) is 0 Å². The number of hydrogen-bond donors (Lipinski definition) is 2. The van der Waals surface area contributed by atoms with Crippen LogP contribution < -0.4 is 5.32 Å². The average Bonchev–Trinajstić information content (AvgIpc) is 2.55. The first kappa shape index (κ1) is 19.7. The van der Waals surface area contributed by atoms with Gasteiger partial charge in [-0.15, -0.1) is 0 Å². The van der Waals surface area contributed by atoms with E-state index in [1.807, 2.05) is 27.7 Å². The molecule has 1 amide bonds. The number of rotatable bonds is 4. The van der Waals surface area contributed by atoms with Gasteiger partial charge in [0.2, 0.25) is 0 Å². The molecule has 0 radical (unpaired) electrons. The van der Waals surface area contributed by atoms with Crippen molar-refractivity contribution in [2.75, 3.05) is 20.2 Å². The molecule has 6 nitrogen and oxygen atoms in total. The molecule has 6 heteroatoms. The Morgan fingerprint density at radius 1 is 1.40 bits per heavy atom. The fraction of sp³-hybridized carbons (Fsp3) is 0.632. The maximum Gasteiger partial charge on any atom is 0.410 e. The van der Waals surface area contributed by atoms with Crippen molar-refractivity contribution in [3.05, 3.63) is 35.4 Å². The number of amides is 1. The minimum absolute atomic E-state index is 0.127. The standard InChI is InChI=1S/C19H30N2O4/c1-13-6-8-14(9-7-13)10-15-12-24-16(17(22)20-5)11-21(15)18(23)25-19(2,3)4/h6-9,15-17,20,22H,10-12H2,1-5H3. The lowest BCUT2D eigenvalue weighted by Crippen LogP contribution is -2.58. The molecule has 0 saturated carbocycles. The van der Waals surface area contributed by atoms with Gasteiger partial charge in [0.25, 0.3) is 0 Å². The summed E-state index contributed by atoms with van der Waals surface area (Å²) in [5, 5.41) is 12.8. The number of carbonyl (C=O) groups excluding carboxylic acids is 1. The Morgan fingerprint density at radius 3 is 2.60 bits per heavy atom. The van der Waals surface area contributed by atoms with Crippen molar-refractivity contribution in [2.24, 2.45) is 0 Å². The van der Waals surface area contributed by atoms with Crippen molar-refractivity contribution in [1.82, 2.24) is 10.2 Å². The predicted octanol–water partition coefficient (Wildman–Crippen LogP) is 2.08. The molecule has 2 N–H and O–H groups in total. The van der Waals surface area contributed by atoms with Crippen LogP contribution in [0.15, 0.2) is 24.3 Å². The topological polar surface area (TPSA) is 71.0 Å². The molecule has 0 aromatic heterocycles. The van der Waals surface area contributed by atoms with Crippen molar-refractivity contribution in [1.29, 1.82) is 0 Å². The lowest BCUT2D eigenvalue weighted by Gasteiger charge is -2.41. The number of benzene rings is 1. The third-order valence-corrected chi connectivity index (χ3v) is 4.19. The number of aliphatic hydroxyl groups excluding tert-OH is 1. The fourth-order valence-corrected chi connectivity index (χ4v) is 2.81. The second-order valence-electron chi connectivity index (χ2n) is 7.58. The molecule has 0 aliphatic carbocycles. The van der Waals surface area contributed by atoms with Gasteiger partial charge in [0.05, 0.1) is 19.2 Å². The highest BCUT2D eigenvalue weighted by molar-refractivity contribution is 5.69. The molecule has 1 heterocycles. The SMILES string of the molecule is CNC(O)C1CN(C(=O)OC(C)(C)C)C(Cc2ccc(C)cc2)CO1. The van der Waals surface area contributed by atoms with Gasteiger partial charge in [-0.2, -0.15) is 0 Å². The molecule has 25 heavy (non-hydrogen) atoms. The van der Waals surface area contributed by atoms with Crippen LogP contribution in [0.4, 0.5) is 4.79 Å². The third-order valence-electron chi connectivity index (χ3n) is 4.19. The Bertz CT molecular complexity index is 568. The van der Waals surface area contributed by atoms with Crippen LogP contribution in [0.2, 0.25) is 0 Å². The van der Waals surface area contributed by atoms with Crippen molar-refractivity contribution < 1.29 is 19.4 Å². The van der Waals surface area contributed by atoms with Crippen LogP contribution in [-0.4, -0.2) is 60.3 Å². The van der Waals surface area contributed by atoms with E-state index in [0.717, 1.165) is 5.56 Å². The number of likely N-dealkylation sites (N-methyl/N-ethyl adjacent to an activating group) is 1. The molecule has 2 rings (SSSR count). The molecule has 1 aliphatic rings. The van der Waals surface area contributed by atoms with E-state index in [0.29, 0.717) is 13.0 Å². The normalized spacial score (nSPS) is 22.6. The molecule has 3 atom stereocenters. The van der Waals surface area contributed by atoms with Gasteiger partial charge in [0.1, 0.15) is 17.9 Å². The zero-order chi connectivity index (χ0) is 18.6. The second-order valence-corrected chi connectivity index (χ2v) is 7.58. The number of aryl methyl sites for hydroxylation is 1. The zero-order valence-corrected chi connectivity index (χ0v) is 15.8. The minimum Gasteiger partial charge on any atom is -0.444 e. The lowest BCUT2D eigenvalue weighted by atomic mass is 10.0. The number of nitrogens with one attached hydrogen (secondary N) is 1. The summed E-state index contributed by atoms with van der Waals surface area (Å²) in [5.74, 6) is 0. The first-order chi connectivity index (χ1) is 11.7. The van der Waals surface area contributed by atoms with Crippen LogP contribution in [-0.2, 0) is 15.9 Å². The lowest BCUT2D eigenvalue weighted by molar-refractivity contribution is -0.116. The van der Waals surface area contributed by atoms with E-state index in [1.54, 1.807) is 11.9 Å². The monoisotopic (exact) mass is 350 g/mol. The van der Waals surface area contributed by atoms with Gasteiger partial charge < -0.3 is 14.6 Å². The minimum atomic E-state index is -0.828. The van der Waals surface area contributed by atoms with Crippen molar-refractivity contribution in [3.63, 3.8) is 0 Å². The van der Waals surface area contributed by atoms with Gasteiger partial charge in [0, 0.05) is 0 Å². The molecular weight excluding hydrogens is 320 g/mol. The van der Waals surface area contributed by atoms with E-state index < -0.39 is 17.9 Å². The summed E-state index contributed by atoms with van der Waals surface area (Å²) in [7, 11) is 1.66. The molecule has 1 aromatic rings. The van der Waals surface area contributed by atoms with Gasteiger partial charge in [-0.25, -0.2) is 4.79 Å². The number of morpholine rings is 1. The summed E-state index contributed by atoms with van der Waals surface area (Å²) in [6.45, 7) is 8.23. The van der Waals surface area contributed by atoms with Gasteiger partial charge in [-0.3, -0.25) is 10.2 Å². The molecule has 3 unspecified atom stereocenters. The Balaban J connectivity index is 2.14. The van der Waals surface area contributed by atoms with Crippen LogP contribution >= 0.6 is 0 Å². The summed E-state index contributed by atoms with van der Waals surface area (Å²) in [6.07, 6.45) is -1.000. The molecular formula is C19H30N2O4. The smallest absolute Gasteiger partial charge is 0.410 e. The molecule has 140 valence electrons. The van der Waals surface area contributed by atoms with Gasteiger partial charge in [0.15, 0.2) is 0 Å². The highest BCUT2D eigenvalue weighted by Crippen LogP contribution is 2.21. The highest BCUT2D eigenvalue weighted by atomic mass is 16.6. The quantitative estimate of drug-likeness (QED) is 0.814. The van der Waals surface area contributed by atoms with Crippen molar-refractivity contribution in [2.45, 2.75) is 58.1 Å². The van der Waals surface area contributed by atoms with E-state index in [2.05, 4.69) is 29.6 Å². The van der Waals surface area contributed by atoms with E-state index in [9.17, 15) is 9.90 Å². The molecule has 1 saturated heterocycles. The van der Waals surface area contributed by atoms with E-state index in [4.69, 9.17) is 9.47 Å². The summed E-state index contributed by atoms with van der Waals surface area (Å²) < 4.78 is 11.3. The highest BCUT2D eigenvalue weighted by Gasteiger charge is 2.37. The van der Waals surface area contributed by atoms with Gasteiger partial charge >= 0.3 is 6.09 Å². The Hall–Kier alpha value is -1.63. The first-order valence-electron chi connectivity index (χ1n) is 8.71. The summed E-state index contributed by atoms with van der Waals surface area (Å²) >= 11 is 0. The number of aliphatic hydroxyl groups is 1. The van der Waals surface area contributed by atoms with Crippen LogP contribution in [0.1, 0.15) is 31.9 Å². The fourth-order valence-electron chi connectivity index (χ4n) is 2.81. The van der Waals surface area contributed by atoms with Crippen LogP contribution in [0, 0.1) is 6.92 Å². The summed E-state index contributed by atoms with van der Waals surface area (Å²) in [6, 6.07) is 8.13. The van der Waals surface area contributed by atoms with Crippen molar-refractivity contribution >= 4 is 6.09 Å². The molecule has 0 spiro atoms. The molecule has 1 fully saturated rings. The van der Waals surface area contributed by atoms with Gasteiger partial charge in [-0.05, 0) is 46.7 Å². The maximum absolute atomic E-state index is 12.7. The number of hydrogen-bond acceptors (Lipinski definition) is 5. The average molecular weight is 350 g/mol. The molecule has 0 bridgehead atoms. The molecule has 1 aromatic carbocycles. The number of carbonyl (C=O) groups is 1. The Morgan fingerprint density at radius 2 is 2.04 bits per heavy atom. The maximum atomic E-state index is 12.7. The van der Waals surface area contributed by atoms with E-state index in [-0.39, 0.29) is 18.7 Å². The summed E-state index contributed by atoms with van der Waals surface area (Å²) in [4.78, 5) is 14.4.